The summed E-state index contributed by atoms with van der Waals surface area (Å²) in [5.41, 5.74) is 3.25. The molecule has 0 aliphatic carbocycles. The first kappa shape index (κ1) is 19.0. The van der Waals surface area contributed by atoms with Crippen molar-refractivity contribution in [1.29, 1.82) is 0 Å². The normalized spacial score (nSPS) is 12.8. The van der Waals surface area contributed by atoms with Crippen LogP contribution in [0.3, 0.4) is 0 Å². The van der Waals surface area contributed by atoms with Crippen molar-refractivity contribution < 1.29 is 17.6 Å². The fourth-order valence-electron chi connectivity index (χ4n) is 3.48. The van der Waals surface area contributed by atoms with Crippen molar-refractivity contribution in [3.05, 3.63) is 71.6 Å². The predicted molar refractivity (Wildman–Crippen MR) is 107 cm³/mol. The van der Waals surface area contributed by atoms with Gasteiger partial charge in [0.1, 0.15) is 23.2 Å². The van der Waals surface area contributed by atoms with E-state index >= 15 is 0 Å². The summed E-state index contributed by atoms with van der Waals surface area (Å²) in [6, 6.07) is 10.1. The van der Waals surface area contributed by atoms with Gasteiger partial charge in [0.15, 0.2) is 0 Å². The molecule has 2 aromatic carbocycles. The van der Waals surface area contributed by atoms with Crippen molar-refractivity contribution in [3.63, 3.8) is 0 Å². The van der Waals surface area contributed by atoms with E-state index in [1.54, 1.807) is 25.1 Å². The van der Waals surface area contributed by atoms with Crippen molar-refractivity contribution >= 4 is 17.2 Å². The molecule has 0 unspecified atom stereocenters. The Kier molecular flexibility index (Phi) is 4.35. The third-order valence-corrected chi connectivity index (χ3v) is 4.98. The Morgan fingerprint density at radius 3 is 2.52 bits per heavy atom. The first-order valence-electron chi connectivity index (χ1n) is 9.25. The maximum atomic E-state index is 14.4. The van der Waals surface area contributed by atoms with Crippen molar-refractivity contribution in [2.45, 2.75) is 13.5 Å². The zero-order valence-electron chi connectivity index (χ0n) is 16.0. The van der Waals surface area contributed by atoms with Crippen molar-refractivity contribution in [1.82, 2.24) is 20.0 Å². The number of halogens is 4. The van der Waals surface area contributed by atoms with Crippen molar-refractivity contribution in [2.75, 3.05) is 5.32 Å². The molecule has 0 saturated heterocycles. The van der Waals surface area contributed by atoms with E-state index in [1.165, 1.54) is 18.3 Å². The fourth-order valence-corrected chi connectivity index (χ4v) is 3.48. The van der Waals surface area contributed by atoms with E-state index in [0.29, 0.717) is 44.3 Å². The minimum absolute atomic E-state index is 0.00479. The summed E-state index contributed by atoms with van der Waals surface area (Å²) < 4.78 is 55.2. The van der Waals surface area contributed by atoms with Gasteiger partial charge in [0.25, 0.3) is 0 Å². The van der Waals surface area contributed by atoms with E-state index in [2.05, 4.69) is 25.6 Å². The van der Waals surface area contributed by atoms with Crippen LogP contribution in [0.4, 0.5) is 28.9 Å². The lowest BCUT2D eigenvalue weighted by Gasteiger charge is -2.13. The summed E-state index contributed by atoms with van der Waals surface area (Å²) in [5.74, 6) is -1.52. The molecule has 4 aromatic rings. The van der Waals surface area contributed by atoms with Crippen LogP contribution in [0.5, 0.6) is 0 Å². The molecule has 1 aliphatic heterocycles. The molecule has 0 saturated carbocycles. The number of benzene rings is 2. The average molecular weight is 426 g/mol. The molecule has 10 heteroatoms. The summed E-state index contributed by atoms with van der Waals surface area (Å²) in [6.45, 7) is -1.03. The molecule has 2 aromatic heterocycles. The lowest BCUT2D eigenvalue weighted by Crippen LogP contribution is -2.17. The highest BCUT2D eigenvalue weighted by molar-refractivity contribution is 6.13. The van der Waals surface area contributed by atoms with Gasteiger partial charge in [-0.2, -0.15) is 19.0 Å². The Morgan fingerprint density at radius 1 is 1.03 bits per heavy atom. The molecule has 1 aliphatic rings. The third-order valence-electron chi connectivity index (χ3n) is 4.98. The molecule has 5 rings (SSSR count). The first-order valence-corrected chi connectivity index (χ1v) is 9.25. The number of nitrogens with zero attached hydrogens (tertiary/aromatic N) is 4. The van der Waals surface area contributed by atoms with Crippen molar-refractivity contribution in [3.8, 4) is 22.5 Å². The number of aryl methyl sites for hydroxylation is 1. The summed E-state index contributed by atoms with van der Waals surface area (Å²) in [5, 5.41) is 14.0. The van der Waals surface area contributed by atoms with Gasteiger partial charge in [-0.3, -0.25) is 5.10 Å². The number of anilines is 1. The maximum absolute atomic E-state index is 14.4. The standard InChI is InChI=1S/C21H14F4N6/c1-10-18-19(29-28-10)12-9-11(15-7-8-31(30-15)21(24)25)5-6-16(12)26-20(27-18)17-13(22)3-2-4-14(17)23/h2-9,21H,1H3,(H,26,27)(H,28,29). The summed E-state index contributed by atoms with van der Waals surface area (Å²) in [6.07, 6.45) is 1.19. The Bertz CT molecular complexity index is 1320. The molecule has 0 bridgehead atoms. The Labute approximate surface area is 173 Å². The van der Waals surface area contributed by atoms with E-state index < -0.39 is 18.2 Å². The molecule has 3 heterocycles. The lowest BCUT2D eigenvalue weighted by molar-refractivity contribution is 0.0568. The zero-order chi connectivity index (χ0) is 21.7. The molecule has 6 nitrogen and oxygen atoms in total. The number of H-pyrrole nitrogens is 1. The third kappa shape index (κ3) is 3.16. The van der Waals surface area contributed by atoms with Crippen LogP contribution >= 0.6 is 0 Å². The Morgan fingerprint density at radius 2 is 1.81 bits per heavy atom. The predicted octanol–water partition coefficient (Wildman–Crippen LogP) is 5.43. The van der Waals surface area contributed by atoms with E-state index in [0.717, 1.165) is 12.1 Å². The molecule has 31 heavy (non-hydrogen) atoms. The second-order valence-corrected chi connectivity index (χ2v) is 6.93. The molecule has 0 amide bonds. The molecule has 0 atom stereocenters. The Balaban J connectivity index is 1.67. The molecule has 0 radical (unpaired) electrons. The number of hydrogen-bond acceptors (Lipinski definition) is 4. The molecule has 0 spiro atoms. The van der Waals surface area contributed by atoms with Crippen LogP contribution in [0.25, 0.3) is 22.5 Å². The minimum Gasteiger partial charge on any atom is -0.339 e. The fraction of sp³-hybridized carbons (Fsp3) is 0.0952. The number of aromatic nitrogens is 4. The smallest absolute Gasteiger partial charge is 0.333 e. The number of nitrogens with one attached hydrogen (secondary N) is 2. The molecular weight excluding hydrogens is 412 g/mol. The van der Waals surface area contributed by atoms with Gasteiger partial charge in [0, 0.05) is 23.0 Å². The molecule has 0 fully saturated rings. The van der Waals surface area contributed by atoms with Gasteiger partial charge in [-0.25, -0.2) is 18.5 Å². The van der Waals surface area contributed by atoms with Crippen LogP contribution in [0, 0.1) is 18.6 Å². The molecule has 2 N–H and O–H groups in total. The number of hydrogen-bond donors (Lipinski definition) is 2. The van der Waals surface area contributed by atoms with Crippen molar-refractivity contribution in [2.24, 2.45) is 4.99 Å². The van der Waals surface area contributed by atoms with E-state index in [9.17, 15) is 17.6 Å². The van der Waals surface area contributed by atoms with Crippen LogP contribution in [0.2, 0.25) is 0 Å². The van der Waals surface area contributed by atoms with Crippen LogP contribution in [-0.2, 0) is 0 Å². The summed E-state index contributed by atoms with van der Waals surface area (Å²) in [4.78, 5) is 4.45. The summed E-state index contributed by atoms with van der Waals surface area (Å²) in [7, 11) is 0. The molecular formula is C21H14F4N6. The quantitative estimate of drug-likeness (QED) is 0.430. The maximum Gasteiger partial charge on any atom is 0.333 e. The highest BCUT2D eigenvalue weighted by Gasteiger charge is 2.25. The van der Waals surface area contributed by atoms with Gasteiger partial charge in [-0.15, -0.1) is 0 Å². The summed E-state index contributed by atoms with van der Waals surface area (Å²) >= 11 is 0. The van der Waals surface area contributed by atoms with Gasteiger partial charge in [-0.05, 0) is 37.3 Å². The molecule has 156 valence electrons. The average Bonchev–Trinajstić information content (AvgIpc) is 3.32. The zero-order valence-corrected chi connectivity index (χ0v) is 16.0. The van der Waals surface area contributed by atoms with E-state index in [4.69, 9.17) is 0 Å². The lowest BCUT2D eigenvalue weighted by atomic mass is 10.0. The highest BCUT2D eigenvalue weighted by Crippen LogP contribution is 2.40. The Hall–Kier alpha value is -3.95. The van der Waals surface area contributed by atoms with Gasteiger partial charge in [0.2, 0.25) is 0 Å². The number of aromatic amines is 1. The number of aliphatic imine (C=N–C) groups is 1. The highest BCUT2D eigenvalue weighted by atomic mass is 19.3. The first-order chi connectivity index (χ1) is 14.9. The number of fused-ring (bicyclic) bond motifs is 3. The number of rotatable bonds is 3. The van der Waals surface area contributed by atoms with Crippen LogP contribution in [0.15, 0.2) is 53.7 Å². The largest absolute Gasteiger partial charge is 0.339 e. The van der Waals surface area contributed by atoms with Gasteiger partial charge in [-0.1, -0.05) is 12.1 Å². The minimum atomic E-state index is -2.75. The van der Waals surface area contributed by atoms with Crippen LogP contribution in [0.1, 0.15) is 17.8 Å². The van der Waals surface area contributed by atoms with E-state index in [-0.39, 0.29) is 11.4 Å². The van der Waals surface area contributed by atoms with Gasteiger partial charge >= 0.3 is 6.55 Å². The monoisotopic (exact) mass is 426 g/mol. The topological polar surface area (TPSA) is 70.9 Å². The van der Waals surface area contributed by atoms with E-state index in [1.807, 2.05) is 0 Å². The second kappa shape index (κ2) is 7.08. The number of amidine groups is 1. The second-order valence-electron chi connectivity index (χ2n) is 6.93. The van der Waals surface area contributed by atoms with Gasteiger partial charge < -0.3 is 5.32 Å². The number of alkyl halides is 2. The van der Waals surface area contributed by atoms with Gasteiger partial charge in [0.05, 0.1) is 22.6 Å². The van der Waals surface area contributed by atoms with Crippen LogP contribution in [-0.4, -0.2) is 25.8 Å². The van der Waals surface area contributed by atoms with Crippen LogP contribution < -0.4 is 5.32 Å². The SMILES string of the molecule is Cc1n[nH]c2c1N=C(c1c(F)cccc1F)Nc1ccc(-c3ccn(C(F)F)n3)cc1-2.